The van der Waals surface area contributed by atoms with Gasteiger partial charge in [0.2, 0.25) is 0 Å². The van der Waals surface area contributed by atoms with Gasteiger partial charge in [-0.2, -0.15) is 52.7 Å². The highest BCUT2D eigenvalue weighted by molar-refractivity contribution is 5.51. The molecule has 0 amide bonds. The molecule has 0 saturated heterocycles. The fraction of sp³-hybridized carbons (Fsp3) is 0.172. The van der Waals surface area contributed by atoms with Gasteiger partial charge in [-0.25, -0.2) is 0 Å². The highest BCUT2D eigenvalue weighted by Gasteiger charge is 2.43. The third kappa shape index (κ3) is 13.8. The van der Waals surface area contributed by atoms with Gasteiger partial charge in [0.25, 0.3) is 0 Å². The van der Waals surface area contributed by atoms with Crippen molar-refractivity contribution in [3.05, 3.63) is 96.1 Å². The van der Waals surface area contributed by atoms with Crippen LogP contribution in [0.3, 0.4) is 0 Å². The van der Waals surface area contributed by atoms with Crippen LogP contribution < -0.4 is 20.9 Å². The van der Waals surface area contributed by atoms with E-state index in [1.807, 2.05) is 0 Å². The minimum absolute atomic E-state index is 0.000649. The molecule has 0 radical (unpaired) electrons. The number of rotatable bonds is 4. The van der Waals surface area contributed by atoms with Gasteiger partial charge < -0.3 is 31.2 Å². The van der Waals surface area contributed by atoms with Crippen molar-refractivity contribution < 1.29 is 72.4 Å². The molecule has 256 valence electrons. The molecular weight excluding hydrogens is 668 g/mol. The van der Waals surface area contributed by atoms with Crippen molar-refractivity contribution in [3.8, 4) is 34.5 Å². The summed E-state index contributed by atoms with van der Waals surface area (Å²) in [4.78, 5) is 0. The molecule has 4 aromatic carbocycles. The Kier molecular flexibility index (Phi) is 12.1. The average molecular weight is 690 g/mol. The molecule has 0 spiro atoms. The van der Waals surface area contributed by atoms with Gasteiger partial charge in [0.05, 0.1) is 0 Å². The molecule has 47 heavy (non-hydrogen) atoms. The van der Waals surface area contributed by atoms with E-state index in [-0.39, 0.29) is 45.9 Å². The first-order valence-electron chi connectivity index (χ1n) is 12.4. The van der Waals surface area contributed by atoms with E-state index < -0.39 is 42.3 Å². The number of benzene rings is 4. The first kappa shape index (κ1) is 38.0. The van der Waals surface area contributed by atoms with E-state index in [4.69, 9.17) is 31.2 Å². The lowest BCUT2D eigenvalue weighted by Gasteiger charge is -2.14. The molecule has 0 atom stereocenters. The number of hydrogen-bond acceptors (Lipinski definition) is 6. The van der Waals surface area contributed by atoms with Crippen molar-refractivity contribution in [2.24, 2.45) is 0 Å². The molecular formula is C29H22F12N2O4. The van der Waals surface area contributed by atoms with Gasteiger partial charge in [0.15, 0.2) is 0 Å². The van der Waals surface area contributed by atoms with E-state index in [0.29, 0.717) is 0 Å². The van der Waals surface area contributed by atoms with Crippen LogP contribution in [0.2, 0.25) is 0 Å². The first-order chi connectivity index (χ1) is 21.4. The average Bonchev–Trinajstić information content (AvgIpc) is 2.91. The molecule has 18 heteroatoms. The van der Waals surface area contributed by atoms with Crippen LogP contribution in [0.15, 0.2) is 84.9 Å². The van der Waals surface area contributed by atoms with Crippen molar-refractivity contribution in [2.75, 3.05) is 11.5 Å². The number of hydrogen-bond donors (Lipinski definition) is 4. The van der Waals surface area contributed by atoms with Crippen LogP contribution in [0.5, 0.6) is 34.5 Å². The number of nitrogens with two attached hydrogens (primary N) is 2. The van der Waals surface area contributed by atoms with Gasteiger partial charge in [0.1, 0.15) is 52.0 Å². The molecule has 0 saturated carbocycles. The molecule has 0 fully saturated rings. The van der Waals surface area contributed by atoms with Crippen molar-refractivity contribution in [1.29, 1.82) is 0 Å². The molecule has 4 rings (SSSR count). The molecule has 6 nitrogen and oxygen atoms in total. The number of anilines is 2. The highest BCUT2D eigenvalue weighted by Crippen LogP contribution is 2.40. The first-order valence-corrected chi connectivity index (χ1v) is 12.4. The maximum atomic E-state index is 12.8. The second-order valence-corrected chi connectivity index (χ2v) is 9.11. The molecule has 0 aliphatic heterocycles. The van der Waals surface area contributed by atoms with E-state index in [9.17, 15) is 52.7 Å². The minimum Gasteiger partial charge on any atom is -0.508 e. The lowest BCUT2D eigenvalue weighted by molar-refractivity contribution is -0.232. The third-order valence-corrected chi connectivity index (χ3v) is 5.15. The lowest BCUT2D eigenvalue weighted by atomic mass is 10.1. The number of halogens is 12. The van der Waals surface area contributed by atoms with Gasteiger partial charge in [-0.05, 0) is 84.9 Å². The summed E-state index contributed by atoms with van der Waals surface area (Å²) in [6.07, 6.45) is -22.1. The Labute approximate surface area is 257 Å². The van der Waals surface area contributed by atoms with E-state index in [1.165, 1.54) is 60.7 Å². The number of phenols is 2. The van der Waals surface area contributed by atoms with Gasteiger partial charge in [-0.3, -0.25) is 0 Å². The maximum absolute atomic E-state index is 12.8. The maximum Gasteiger partial charge on any atom is 0.420 e. The largest absolute Gasteiger partial charge is 0.508 e. The Balaban J connectivity index is 0.000000262. The van der Waals surface area contributed by atoms with E-state index in [1.54, 1.807) is 0 Å². The van der Waals surface area contributed by atoms with Crippen molar-refractivity contribution in [1.82, 2.24) is 0 Å². The predicted molar refractivity (Wildman–Crippen MR) is 145 cm³/mol. The Morgan fingerprint density at radius 2 is 0.766 bits per heavy atom. The summed E-state index contributed by atoms with van der Waals surface area (Å²) in [5.41, 5.74) is 8.82. The normalized spacial score (nSPS) is 11.8. The van der Waals surface area contributed by atoms with Crippen LogP contribution in [0.1, 0.15) is 17.5 Å². The third-order valence-electron chi connectivity index (χ3n) is 5.15. The summed E-state index contributed by atoms with van der Waals surface area (Å²) in [6.45, 7) is 0. The summed E-state index contributed by atoms with van der Waals surface area (Å²) in [7, 11) is 0. The van der Waals surface area contributed by atoms with Crippen molar-refractivity contribution in [3.63, 3.8) is 0 Å². The van der Waals surface area contributed by atoms with Gasteiger partial charge >= 0.3 is 24.7 Å². The number of ether oxygens (including phenoxy) is 2. The Morgan fingerprint density at radius 3 is 1.00 bits per heavy atom. The van der Waals surface area contributed by atoms with E-state index in [2.05, 4.69) is 0 Å². The number of aromatic hydroxyl groups is 2. The molecule has 0 heterocycles. The molecule has 4 aromatic rings. The van der Waals surface area contributed by atoms with Crippen LogP contribution in [0.25, 0.3) is 0 Å². The summed E-state index contributed by atoms with van der Waals surface area (Å²) in [6, 6.07) is 17.3. The summed E-state index contributed by atoms with van der Waals surface area (Å²) in [5, 5.41) is 18.2. The molecule has 0 aliphatic carbocycles. The highest BCUT2D eigenvalue weighted by atomic mass is 19.4. The minimum atomic E-state index is -5.14. The Morgan fingerprint density at radius 1 is 0.468 bits per heavy atom. The van der Waals surface area contributed by atoms with Crippen LogP contribution in [-0.4, -0.2) is 22.6 Å². The SMILES string of the molecule is FC(F)(F)CC(F)(F)F.Nc1ccc(Oc2ccc(O)cc2)c(C(F)(F)F)c1.Nc1ccc(Oc2ccc(O)cc2)c(C(F)(F)F)c1. The zero-order valence-corrected chi connectivity index (χ0v) is 23.2. The second-order valence-electron chi connectivity index (χ2n) is 9.11. The van der Waals surface area contributed by atoms with Crippen LogP contribution in [0, 0.1) is 0 Å². The van der Waals surface area contributed by atoms with Crippen molar-refractivity contribution in [2.45, 2.75) is 31.1 Å². The van der Waals surface area contributed by atoms with Crippen LogP contribution in [0.4, 0.5) is 64.1 Å². The van der Waals surface area contributed by atoms with E-state index in [0.717, 1.165) is 24.3 Å². The van der Waals surface area contributed by atoms with Gasteiger partial charge in [-0.15, -0.1) is 0 Å². The quantitative estimate of drug-likeness (QED) is 0.125. The van der Waals surface area contributed by atoms with Gasteiger partial charge in [0, 0.05) is 11.4 Å². The molecule has 0 aliphatic rings. The van der Waals surface area contributed by atoms with Crippen LogP contribution >= 0.6 is 0 Å². The molecule has 0 aromatic heterocycles. The number of phenolic OH excluding ortho intramolecular Hbond substituents is 2. The zero-order chi connectivity index (χ0) is 35.8. The number of alkyl halides is 12. The Hall–Kier alpha value is -5.16. The summed E-state index contributed by atoms with van der Waals surface area (Å²) in [5.74, 6) is -0.303. The second kappa shape index (κ2) is 15.0. The van der Waals surface area contributed by atoms with Crippen molar-refractivity contribution >= 4 is 11.4 Å². The zero-order valence-electron chi connectivity index (χ0n) is 23.2. The molecule has 0 bridgehead atoms. The molecule has 6 N–H and O–H groups in total. The monoisotopic (exact) mass is 690 g/mol. The molecule has 0 unspecified atom stereocenters. The predicted octanol–water partition coefficient (Wildman–Crippen LogP) is 10.1. The topological polar surface area (TPSA) is 111 Å². The van der Waals surface area contributed by atoms with Gasteiger partial charge in [-0.1, -0.05) is 0 Å². The summed E-state index contributed by atoms with van der Waals surface area (Å²) < 4.78 is 152. The smallest absolute Gasteiger partial charge is 0.420 e. The fourth-order valence-electron chi connectivity index (χ4n) is 3.23. The Bertz CT molecular complexity index is 1470. The lowest BCUT2D eigenvalue weighted by Crippen LogP contribution is -2.20. The van der Waals surface area contributed by atoms with Crippen LogP contribution in [-0.2, 0) is 12.4 Å². The number of nitrogen functional groups attached to an aromatic ring is 2. The standard InChI is InChI=1S/2C13H10F3NO2.C3H2F6/c2*14-13(15,16)11-7-8(17)1-6-12(11)19-10-4-2-9(18)3-5-10;4-2(5,6)1-3(7,8)9/h2*1-7,18H,17H2;1H2. The summed E-state index contributed by atoms with van der Waals surface area (Å²) >= 11 is 0. The van der Waals surface area contributed by atoms with E-state index >= 15 is 0 Å². The fourth-order valence-corrected chi connectivity index (χ4v) is 3.23.